The summed E-state index contributed by atoms with van der Waals surface area (Å²) in [6.45, 7) is 6.30. The molecule has 28 heavy (non-hydrogen) atoms. The molecule has 0 saturated heterocycles. The minimum Gasteiger partial charge on any atom is -0.481 e. The first kappa shape index (κ1) is 25.5. The van der Waals surface area contributed by atoms with Gasteiger partial charge in [0.2, 0.25) is 0 Å². The van der Waals surface area contributed by atoms with Gasteiger partial charge in [0.05, 0.1) is 43.0 Å². The summed E-state index contributed by atoms with van der Waals surface area (Å²) in [4.78, 5) is 47.4. The number of esters is 1. The summed E-state index contributed by atoms with van der Waals surface area (Å²) in [5, 5.41) is 28.6. The zero-order chi connectivity index (χ0) is 21.9. The van der Waals surface area contributed by atoms with E-state index in [-0.39, 0.29) is 26.2 Å². The van der Waals surface area contributed by atoms with Crippen molar-refractivity contribution < 1.29 is 48.7 Å². The lowest BCUT2D eigenvalue weighted by Gasteiger charge is -2.30. The van der Waals surface area contributed by atoms with Gasteiger partial charge in [-0.25, -0.2) is 0 Å². The van der Waals surface area contributed by atoms with Crippen LogP contribution in [0.2, 0.25) is 0 Å². The fourth-order valence-corrected chi connectivity index (χ4v) is 2.76. The molecule has 0 spiro atoms. The molecule has 0 radical (unpaired) electrons. The number of aliphatic carboxylic acids is 3. The van der Waals surface area contributed by atoms with Crippen molar-refractivity contribution in [2.45, 2.75) is 26.4 Å². The smallest absolute Gasteiger partial charge is 0.309 e. The fourth-order valence-electron chi connectivity index (χ4n) is 2.76. The van der Waals surface area contributed by atoms with Crippen LogP contribution >= 0.6 is 0 Å². The van der Waals surface area contributed by atoms with E-state index >= 15 is 0 Å². The molecule has 0 aromatic heterocycles. The van der Waals surface area contributed by atoms with Gasteiger partial charge < -0.3 is 29.5 Å². The summed E-state index contributed by atoms with van der Waals surface area (Å²) in [6.07, 6.45) is 0.640. The highest BCUT2D eigenvalue weighted by Gasteiger charge is 2.48. The number of rotatable bonds is 15. The zero-order valence-corrected chi connectivity index (χ0v) is 16.2. The summed E-state index contributed by atoms with van der Waals surface area (Å²) < 4.78 is 14.9. The Morgan fingerprint density at radius 1 is 0.964 bits per heavy atom. The number of carbonyl (C=O) groups is 4. The number of hydrogen-bond acceptors (Lipinski definition) is 7. The lowest BCUT2D eigenvalue weighted by atomic mass is 9.73. The molecule has 3 N–H and O–H groups in total. The fraction of sp³-hybridized carbons (Fsp3) is 0.667. The van der Waals surface area contributed by atoms with Crippen LogP contribution in [0.5, 0.6) is 0 Å². The average Bonchev–Trinajstić information content (AvgIpc) is 2.62. The van der Waals surface area contributed by atoms with E-state index in [1.807, 2.05) is 0 Å². The van der Waals surface area contributed by atoms with Gasteiger partial charge in [-0.3, -0.25) is 19.2 Å². The van der Waals surface area contributed by atoms with Crippen LogP contribution in [0, 0.1) is 23.7 Å². The van der Waals surface area contributed by atoms with E-state index in [1.165, 1.54) is 27.0 Å². The topological polar surface area (TPSA) is 157 Å². The van der Waals surface area contributed by atoms with Crippen LogP contribution in [0.15, 0.2) is 12.7 Å². The number of ether oxygens (including phenoxy) is 3. The predicted molar refractivity (Wildman–Crippen MR) is 95.6 cm³/mol. The largest absolute Gasteiger partial charge is 0.481 e. The Kier molecular flexibility index (Phi) is 11.7. The molecule has 5 atom stereocenters. The first-order valence-electron chi connectivity index (χ1n) is 8.64. The first-order valence-corrected chi connectivity index (χ1v) is 8.64. The second kappa shape index (κ2) is 12.8. The first-order chi connectivity index (χ1) is 13.1. The Bertz CT molecular complexity index is 559. The third kappa shape index (κ3) is 8.05. The third-order valence-electron chi connectivity index (χ3n) is 4.31. The molecule has 0 aliphatic rings. The molecule has 10 nitrogen and oxygen atoms in total. The Balaban J connectivity index is 5.50. The number of carboxylic acid groups (broad SMARTS) is 3. The van der Waals surface area contributed by atoms with E-state index in [0.29, 0.717) is 0 Å². The highest BCUT2D eigenvalue weighted by Crippen LogP contribution is 2.32. The Hall–Kier alpha value is -2.46. The van der Waals surface area contributed by atoms with E-state index in [1.54, 1.807) is 0 Å². The minimum atomic E-state index is -1.85. The maximum Gasteiger partial charge on any atom is 0.309 e. The van der Waals surface area contributed by atoms with Crippen molar-refractivity contribution in [2.75, 3.05) is 26.9 Å². The summed E-state index contributed by atoms with van der Waals surface area (Å²) in [5.41, 5.74) is 0. The molecule has 160 valence electrons. The van der Waals surface area contributed by atoms with Gasteiger partial charge >= 0.3 is 23.9 Å². The highest BCUT2D eigenvalue weighted by atomic mass is 16.6. The van der Waals surface area contributed by atoms with E-state index < -0.39 is 53.7 Å². The molecule has 10 heteroatoms. The van der Waals surface area contributed by atoms with Gasteiger partial charge in [-0.1, -0.05) is 13.0 Å². The molecule has 0 aliphatic carbocycles. The summed E-state index contributed by atoms with van der Waals surface area (Å²) in [6, 6.07) is 0. The van der Waals surface area contributed by atoms with E-state index in [9.17, 15) is 34.5 Å². The SMILES string of the molecule is C=CCOCCOC(=O)C(C)C(C(=O)O)C(C(=O)O)C(CC(C)OC)C(=O)O. The molecular formula is C18H28O10. The maximum absolute atomic E-state index is 12.2. The molecule has 0 aromatic carbocycles. The molecule has 0 aromatic rings. The van der Waals surface area contributed by atoms with Gasteiger partial charge in [-0.2, -0.15) is 0 Å². The van der Waals surface area contributed by atoms with Crippen molar-refractivity contribution in [3.05, 3.63) is 12.7 Å². The normalized spacial score (nSPS) is 16.2. The van der Waals surface area contributed by atoms with Gasteiger partial charge in [0.15, 0.2) is 0 Å². The molecule has 5 unspecified atom stereocenters. The van der Waals surface area contributed by atoms with Gasteiger partial charge in [0.25, 0.3) is 0 Å². The molecule has 0 amide bonds. The molecule has 0 heterocycles. The second-order valence-electron chi connectivity index (χ2n) is 6.27. The van der Waals surface area contributed by atoms with Crippen LogP contribution < -0.4 is 0 Å². The van der Waals surface area contributed by atoms with Gasteiger partial charge in [-0.05, 0) is 13.3 Å². The van der Waals surface area contributed by atoms with Gasteiger partial charge in [-0.15, -0.1) is 6.58 Å². The molecule has 0 bridgehead atoms. The lowest BCUT2D eigenvalue weighted by Crippen LogP contribution is -2.45. The van der Waals surface area contributed by atoms with Crippen molar-refractivity contribution in [1.29, 1.82) is 0 Å². The summed E-state index contributed by atoms with van der Waals surface area (Å²) in [5.74, 6) is -12.3. The van der Waals surface area contributed by atoms with Crippen molar-refractivity contribution >= 4 is 23.9 Å². The van der Waals surface area contributed by atoms with E-state index in [4.69, 9.17) is 14.2 Å². The summed E-state index contributed by atoms with van der Waals surface area (Å²) >= 11 is 0. The van der Waals surface area contributed by atoms with Crippen molar-refractivity contribution in [3.8, 4) is 0 Å². The van der Waals surface area contributed by atoms with Crippen molar-refractivity contribution in [2.24, 2.45) is 23.7 Å². The van der Waals surface area contributed by atoms with Crippen LogP contribution in [0.1, 0.15) is 20.3 Å². The standard InChI is InChI=1S/C18H28O10/c1-5-6-27-7-8-28-18(25)11(3)13(16(21)22)14(17(23)24)12(15(19)20)9-10(2)26-4/h5,10-14H,1,6-9H2,2-4H3,(H,19,20)(H,21,22)(H,23,24). The Morgan fingerprint density at radius 3 is 1.96 bits per heavy atom. The monoisotopic (exact) mass is 404 g/mol. The van der Waals surface area contributed by atoms with E-state index in [2.05, 4.69) is 6.58 Å². The Morgan fingerprint density at radius 2 is 1.54 bits per heavy atom. The Labute approximate surface area is 163 Å². The quantitative estimate of drug-likeness (QED) is 0.203. The number of methoxy groups -OCH3 is 1. The van der Waals surface area contributed by atoms with Crippen LogP contribution in [-0.2, 0) is 33.4 Å². The lowest BCUT2D eigenvalue weighted by molar-refractivity contribution is -0.170. The van der Waals surface area contributed by atoms with Crippen molar-refractivity contribution in [3.63, 3.8) is 0 Å². The van der Waals surface area contributed by atoms with Gasteiger partial charge in [0.1, 0.15) is 6.61 Å². The average molecular weight is 404 g/mol. The molecular weight excluding hydrogens is 376 g/mol. The van der Waals surface area contributed by atoms with E-state index in [0.717, 1.165) is 0 Å². The molecule has 0 rings (SSSR count). The highest BCUT2D eigenvalue weighted by molar-refractivity contribution is 5.88. The van der Waals surface area contributed by atoms with Crippen LogP contribution in [-0.4, -0.2) is 72.2 Å². The van der Waals surface area contributed by atoms with Gasteiger partial charge in [0, 0.05) is 7.11 Å². The number of carbonyl (C=O) groups excluding carboxylic acids is 1. The number of carboxylic acids is 3. The predicted octanol–water partition coefficient (Wildman–Crippen LogP) is 0.896. The van der Waals surface area contributed by atoms with Crippen LogP contribution in [0.25, 0.3) is 0 Å². The molecule has 0 fully saturated rings. The maximum atomic E-state index is 12.2. The third-order valence-corrected chi connectivity index (χ3v) is 4.31. The van der Waals surface area contributed by atoms with Crippen LogP contribution in [0.3, 0.4) is 0 Å². The zero-order valence-electron chi connectivity index (χ0n) is 16.2. The van der Waals surface area contributed by atoms with Crippen LogP contribution in [0.4, 0.5) is 0 Å². The van der Waals surface area contributed by atoms with Crippen molar-refractivity contribution in [1.82, 2.24) is 0 Å². The minimum absolute atomic E-state index is 0.0493. The number of hydrogen-bond donors (Lipinski definition) is 3. The summed E-state index contributed by atoms with van der Waals surface area (Å²) in [7, 11) is 1.32. The molecule has 0 saturated carbocycles. The molecule has 0 aliphatic heterocycles. The second-order valence-corrected chi connectivity index (χ2v) is 6.27.